The van der Waals surface area contributed by atoms with Crippen molar-refractivity contribution in [2.24, 2.45) is 0 Å². The summed E-state index contributed by atoms with van der Waals surface area (Å²) in [4.78, 5) is 0. The molecule has 116 valence electrons. The molecule has 0 saturated heterocycles. The first-order valence-electron chi connectivity index (χ1n) is 7.91. The Bertz CT molecular complexity index is 508. The van der Waals surface area contributed by atoms with Crippen molar-refractivity contribution in [2.45, 2.75) is 50.7 Å². The quantitative estimate of drug-likeness (QED) is 0.849. The Balaban J connectivity index is 1.86. The van der Waals surface area contributed by atoms with Gasteiger partial charge in [0.15, 0.2) is 0 Å². The first kappa shape index (κ1) is 15.3. The van der Waals surface area contributed by atoms with E-state index in [0.717, 1.165) is 49.1 Å². The summed E-state index contributed by atoms with van der Waals surface area (Å²) in [5.41, 5.74) is 2.63. The number of nitrogens with one attached hydrogen (secondary N) is 1. The topological polar surface area (TPSA) is 30.5 Å². The summed E-state index contributed by atoms with van der Waals surface area (Å²) in [6.07, 6.45) is 5.55. The highest BCUT2D eigenvalue weighted by atomic mass is 79.9. The molecule has 1 atom stereocenters. The van der Waals surface area contributed by atoms with Crippen molar-refractivity contribution in [3.05, 3.63) is 27.7 Å². The zero-order valence-corrected chi connectivity index (χ0v) is 14.5. The molecule has 1 aromatic rings. The van der Waals surface area contributed by atoms with Crippen molar-refractivity contribution in [1.82, 2.24) is 5.32 Å². The van der Waals surface area contributed by atoms with E-state index in [0.29, 0.717) is 6.04 Å². The van der Waals surface area contributed by atoms with E-state index in [1.54, 1.807) is 0 Å². The predicted octanol–water partition coefficient (Wildman–Crippen LogP) is 3.47. The van der Waals surface area contributed by atoms with Crippen molar-refractivity contribution in [1.29, 1.82) is 0 Å². The largest absolute Gasteiger partial charge is 0.493 e. The van der Waals surface area contributed by atoms with Gasteiger partial charge in [-0.05, 0) is 55.5 Å². The van der Waals surface area contributed by atoms with Crippen LogP contribution in [0.25, 0.3) is 0 Å². The van der Waals surface area contributed by atoms with E-state index in [4.69, 9.17) is 9.47 Å². The van der Waals surface area contributed by atoms with Crippen LogP contribution in [0.5, 0.6) is 5.75 Å². The van der Waals surface area contributed by atoms with Gasteiger partial charge in [0.25, 0.3) is 0 Å². The van der Waals surface area contributed by atoms with Gasteiger partial charge < -0.3 is 14.8 Å². The molecule has 0 bridgehead atoms. The number of methoxy groups -OCH3 is 1. The van der Waals surface area contributed by atoms with Crippen LogP contribution in [-0.2, 0) is 17.6 Å². The first-order chi connectivity index (χ1) is 10.2. The maximum Gasteiger partial charge on any atom is 0.125 e. The lowest BCUT2D eigenvalue weighted by atomic mass is 9.72. The molecule has 1 unspecified atom stereocenters. The summed E-state index contributed by atoms with van der Waals surface area (Å²) >= 11 is 3.64. The summed E-state index contributed by atoms with van der Waals surface area (Å²) in [7, 11) is 1.85. The number of benzene rings is 1. The minimum atomic E-state index is 0.00378. The summed E-state index contributed by atoms with van der Waals surface area (Å²) < 4.78 is 12.9. The van der Waals surface area contributed by atoms with E-state index in [9.17, 15) is 0 Å². The van der Waals surface area contributed by atoms with Crippen molar-refractivity contribution >= 4 is 15.9 Å². The Morgan fingerprint density at radius 1 is 1.43 bits per heavy atom. The van der Waals surface area contributed by atoms with Crippen LogP contribution in [-0.4, -0.2) is 31.9 Å². The maximum atomic E-state index is 5.90. The number of hydrogen-bond acceptors (Lipinski definition) is 3. The average molecular weight is 354 g/mol. The maximum absolute atomic E-state index is 5.90. The van der Waals surface area contributed by atoms with Gasteiger partial charge in [-0.3, -0.25) is 0 Å². The summed E-state index contributed by atoms with van der Waals surface area (Å²) in [6, 6.07) is 4.74. The van der Waals surface area contributed by atoms with Crippen LogP contribution in [0, 0.1) is 0 Å². The van der Waals surface area contributed by atoms with E-state index in [1.807, 2.05) is 7.11 Å². The molecule has 0 amide bonds. The van der Waals surface area contributed by atoms with E-state index in [-0.39, 0.29) is 5.60 Å². The fourth-order valence-electron chi connectivity index (χ4n) is 3.63. The zero-order valence-electron chi connectivity index (χ0n) is 12.9. The number of rotatable bonds is 6. The van der Waals surface area contributed by atoms with E-state index < -0.39 is 0 Å². The highest BCUT2D eigenvalue weighted by molar-refractivity contribution is 9.10. The third-order valence-corrected chi connectivity index (χ3v) is 5.40. The second-order valence-electron chi connectivity index (χ2n) is 6.09. The molecule has 1 N–H and O–H groups in total. The molecule has 0 radical (unpaired) electrons. The lowest BCUT2D eigenvalue weighted by Crippen LogP contribution is -2.57. The Hall–Kier alpha value is -0.580. The van der Waals surface area contributed by atoms with E-state index in [1.165, 1.54) is 17.5 Å². The molecule has 3 nitrogen and oxygen atoms in total. The molecule has 1 heterocycles. The van der Waals surface area contributed by atoms with Gasteiger partial charge in [-0.1, -0.05) is 22.9 Å². The Morgan fingerprint density at radius 3 is 2.86 bits per heavy atom. The van der Waals surface area contributed by atoms with Crippen LogP contribution >= 0.6 is 15.9 Å². The van der Waals surface area contributed by atoms with Crippen molar-refractivity contribution < 1.29 is 9.47 Å². The molecule has 1 saturated carbocycles. The van der Waals surface area contributed by atoms with Crippen LogP contribution in [0.4, 0.5) is 0 Å². The Labute approximate surface area is 135 Å². The van der Waals surface area contributed by atoms with Gasteiger partial charge in [0, 0.05) is 24.0 Å². The summed E-state index contributed by atoms with van der Waals surface area (Å²) in [5.74, 6) is 1.10. The van der Waals surface area contributed by atoms with Crippen molar-refractivity contribution in [3.8, 4) is 5.75 Å². The zero-order chi connectivity index (χ0) is 14.9. The van der Waals surface area contributed by atoms with Gasteiger partial charge in [-0.2, -0.15) is 0 Å². The van der Waals surface area contributed by atoms with Gasteiger partial charge in [0.05, 0.1) is 12.2 Å². The van der Waals surface area contributed by atoms with Crippen LogP contribution < -0.4 is 10.1 Å². The molecular weight excluding hydrogens is 330 g/mol. The second-order valence-corrected chi connectivity index (χ2v) is 7.00. The molecule has 1 aliphatic heterocycles. The van der Waals surface area contributed by atoms with E-state index >= 15 is 0 Å². The van der Waals surface area contributed by atoms with Gasteiger partial charge in [0.1, 0.15) is 5.75 Å². The molecule has 21 heavy (non-hydrogen) atoms. The smallest absolute Gasteiger partial charge is 0.125 e. The molecular formula is C17H24BrNO2. The fourth-order valence-corrected chi connectivity index (χ4v) is 4.18. The minimum absolute atomic E-state index is 0.00378. The summed E-state index contributed by atoms with van der Waals surface area (Å²) in [5, 5.41) is 3.64. The number of hydrogen-bond donors (Lipinski definition) is 1. The molecule has 0 spiro atoms. The van der Waals surface area contributed by atoms with E-state index in [2.05, 4.69) is 40.3 Å². The monoisotopic (exact) mass is 353 g/mol. The van der Waals surface area contributed by atoms with Gasteiger partial charge >= 0.3 is 0 Å². The van der Waals surface area contributed by atoms with Gasteiger partial charge in [-0.15, -0.1) is 0 Å². The molecule has 1 fully saturated rings. The molecule has 0 aromatic heterocycles. The first-order valence-corrected chi connectivity index (χ1v) is 8.70. The highest BCUT2D eigenvalue weighted by Crippen LogP contribution is 2.41. The third kappa shape index (κ3) is 2.86. The number of likely N-dealkylation sites (N-methyl/N-ethyl adjacent to an activating group) is 1. The van der Waals surface area contributed by atoms with Crippen LogP contribution in [0.1, 0.15) is 37.3 Å². The number of fused-ring (bicyclic) bond motifs is 1. The Morgan fingerprint density at radius 2 is 2.24 bits per heavy atom. The Kier molecular flexibility index (Phi) is 4.57. The SMILES string of the molecule is CCNC(Cc1cc(Br)cc2c1OCC2)C1(OC)CCC1. The fraction of sp³-hybridized carbons (Fsp3) is 0.647. The normalized spacial score (nSPS) is 20.5. The summed E-state index contributed by atoms with van der Waals surface area (Å²) in [6.45, 7) is 3.93. The molecule has 4 heteroatoms. The average Bonchev–Trinajstić information content (AvgIpc) is 2.86. The second kappa shape index (κ2) is 6.27. The predicted molar refractivity (Wildman–Crippen MR) is 88.1 cm³/mol. The molecule has 3 rings (SSSR count). The van der Waals surface area contributed by atoms with Gasteiger partial charge in [-0.25, -0.2) is 0 Å². The highest BCUT2D eigenvalue weighted by Gasteiger charge is 2.44. The van der Waals surface area contributed by atoms with Crippen molar-refractivity contribution in [2.75, 3.05) is 20.3 Å². The lowest BCUT2D eigenvalue weighted by molar-refractivity contribution is -0.0978. The standard InChI is InChI=1S/C17H24BrNO2/c1-3-19-15(17(20-2)6-4-7-17)11-13-10-14(18)9-12-5-8-21-16(12)13/h9-10,15,19H,3-8,11H2,1-2H3. The van der Waals surface area contributed by atoms with Crippen LogP contribution in [0.2, 0.25) is 0 Å². The van der Waals surface area contributed by atoms with Gasteiger partial charge in [0.2, 0.25) is 0 Å². The third-order valence-electron chi connectivity index (χ3n) is 4.94. The van der Waals surface area contributed by atoms with Crippen LogP contribution in [0.3, 0.4) is 0 Å². The number of ether oxygens (including phenoxy) is 2. The molecule has 1 aromatic carbocycles. The lowest BCUT2D eigenvalue weighted by Gasteiger charge is -2.47. The molecule has 1 aliphatic carbocycles. The van der Waals surface area contributed by atoms with Crippen molar-refractivity contribution in [3.63, 3.8) is 0 Å². The van der Waals surface area contributed by atoms with Crippen LogP contribution in [0.15, 0.2) is 16.6 Å². The number of halogens is 1. The minimum Gasteiger partial charge on any atom is -0.493 e. The molecule has 2 aliphatic rings.